The molecule has 0 spiro atoms. The number of hydrogen-bond acceptors (Lipinski definition) is 2. The van der Waals surface area contributed by atoms with Crippen molar-refractivity contribution < 1.29 is 9.53 Å². The lowest BCUT2D eigenvalue weighted by Crippen LogP contribution is -2.34. The van der Waals surface area contributed by atoms with E-state index < -0.39 is 0 Å². The lowest BCUT2D eigenvalue weighted by atomic mass is 10.1. The van der Waals surface area contributed by atoms with Crippen molar-refractivity contribution >= 4 is 21.8 Å². The van der Waals surface area contributed by atoms with Gasteiger partial charge in [-0.15, -0.1) is 0 Å². The molecule has 0 N–H and O–H groups in total. The van der Waals surface area contributed by atoms with Crippen LogP contribution in [0.15, 0.2) is 28.7 Å². The van der Waals surface area contributed by atoms with Gasteiger partial charge in [0.15, 0.2) is 6.10 Å². The lowest BCUT2D eigenvalue weighted by molar-refractivity contribution is -0.132. The van der Waals surface area contributed by atoms with Gasteiger partial charge in [-0.2, -0.15) is 0 Å². The minimum absolute atomic E-state index is 0.0591. The first-order valence-corrected chi connectivity index (χ1v) is 6.66. The summed E-state index contributed by atoms with van der Waals surface area (Å²) in [5.74, 6) is 0.0999. The maximum atomic E-state index is 12.0. The molecule has 0 unspecified atom stereocenters. The second-order valence-electron chi connectivity index (χ2n) is 4.04. The number of nitrogens with zero attached hydrogens (tertiary/aromatic N) is 1. The number of amides is 1. The Labute approximate surface area is 110 Å². The fourth-order valence-corrected chi connectivity index (χ4v) is 2.19. The van der Waals surface area contributed by atoms with Crippen molar-refractivity contribution in [2.45, 2.75) is 26.1 Å². The Morgan fingerprint density at radius 1 is 1.29 bits per heavy atom. The number of carbonyl (C=O) groups excluding carboxylic acids is 1. The molecule has 1 aliphatic rings. The average Bonchev–Trinajstić information content (AvgIpc) is 3.11. The normalized spacial score (nSPS) is 22.3. The van der Waals surface area contributed by atoms with Crippen LogP contribution >= 0.6 is 15.9 Å². The van der Waals surface area contributed by atoms with Gasteiger partial charge in [-0.05, 0) is 31.5 Å². The van der Waals surface area contributed by atoms with Crippen molar-refractivity contribution in [3.63, 3.8) is 0 Å². The van der Waals surface area contributed by atoms with Crippen LogP contribution in [0.5, 0.6) is 0 Å². The number of carbonyl (C=O) groups is 1. The van der Waals surface area contributed by atoms with Crippen molar-refractivity contribution in [3.8, 4) is 0 Å². The van der Waals surface area contributed by atoms with E-state index in [9.17, 15) is 4.79 Å². The highest BCUT2D eigenvalue weighted by Gasteiger charge is 2.47. The van der Waals surface area contributed by atoms with E-state index in [0.717, 1.165) is 23.1 Å². The van der Waals surface area contributed by atoms with Crippen molar-refractivity contribution in [3.05, 3.63) is 34.3 Å². The second-order valence-corrected chi connectivity index (χ2v) is 4.96. The zero-order chi connectivity index (χ0) is 12.4. The van der Waals surface area contributed by atoms with E-state index in [1.807, 2.05) is 43.0 Å². The molecule has 2 atom stereocenters. The highest BCUT2D eigenvalue weighted by Crippen LogP contribution is 2.40. The summed E-state index contributed by atoms with van der Waals surface area (Å²) < 4.78 is 6.52. The van der Waals surface area contributed by atoms with E-state index in [4.69, 9.17) is 4.74 Å². The summed E-state index contributed by atoms with van der Waals surface area (Å²) in [6.07, 6.45) is -0.340. The first-order chi connectivity index (χ1) is 8.17. The molecule has 0 radical (unpaired) electrons. The minimum atomic E-state index is -0.281. The van der Waals surface area contributed by atoms with Crippen LogP contribution in [0.3, 0.4) is 0 Å². The van der Waals surface area contributed by atoms with Crippen molar-refractivity contribution in [1.29, 1.82) is 0 Å². The fourth-order valence-electron chi connectivity index (χ4n) is 1.92. The molecule has 92 valence electrons. The Bertz CT molecular complexity index is 400. The fraction of sp³-hybridized carbons (Fsp3) is 0.462. The molecule has 1 aliphatic heterocycles. The minimum Gasteiger partial charge on any atom is -0.354 e. The Hall–Kier alpha value is -0.870. The quantitative estimate of drug-likeness (QED) is 0.801. The molecule has 0 saturated carbocycles. The molecule has 1 heterocycles. The Morgan fingerprint density at radius 2 is 1.88 bits per heavy atom. The van der Waals surface area contributed by atoms with Gasteiger partial charge in [-0.3, -0.25) is 4.79 Å². The number of epoxide rings is 1. The largest absolute Gasteiger partial charge is 0.354 e. The predicted octanol–water partition coefficient (Wildman–Crippen LogP) is 2.76. The molecule has 1 fully saturated rings. The summed E-state index contributed by atoms with van der Waals surface area (Å²) in [6, 6.07) is 7.92. The summed E-state index contributed by atoms with van der Waals surface area (Å²) in [7, 11) is 0. The zero-order valence-electron chi connectivity index (χ0n) is 10.0. The van der Waals surface area contributed by atoms with Gasteiger partial charge in [0.25, 0.3) is 5.91 Å². The maximum Gasteiger partial charge on any atom is 0.254 e. The van der Waals surface area contributed by atoms with Crippen LogP contribution in [-0.4, -0.2) is 30.0 Å². The molecule has 0 aliphatic carbocycles. The van der Waals surface area contributed by atoms with Gasteiger partial charge >= 0.3 is 0 Å². The van der Waals surface area contributed by atoms with Crippen LogP contribution in [0.1, 0.15) is 25.5 Å². The summed E-state index contributed by atoms with van der Waals surface area (Å²) in [5.41, 5.74) is 1.07. The second kappa shape index (κ2) is 5.19. The molecular weight excluding hydrogens is 282 g/mol. The molecule has 4 heteroatoms. The van der Waals surface area contributed by atoms with Gasteiger partial charge in [0.05, 0.1) is 0 Å². The number of benzene rings is 1. The highest BCUT2D eigenvalue weighted by atomic mass is 79.9. The molecule has 1 saturated heterocycles. The third-order valence-electron chi connectivity index (χ3n) is 3.01. The smallest absolute Gasteiger partial charge is 0.254 e. The van der Waals surface area contributed by atoms with Crippen LogP contribution < -0.4 is 0 Å². The molecule has 2 rings (SSSR count). The van der Waals surface area contributed by atoms with Gasteiger partial charge in [0, 0.05) is 17.6 Å². The van der Waals surface area contributed by atoms with E-state index >= 15 is 0 Å². The number of rotatable bonds is 4. The molecule has 1 amide bonds. The van der Waals surface area contributed by atoms with Crippen LogP contribution in [0, 0.1) is 0 Å². The molecule has 17 heavy (non-hydrogen) atoms. The monoisotopic (exact) mass is 297 g/mol. The van der Waals surface area contributed by atoms with Gasteiger partial charge in [0.2, 0.25) is 0 Å². The maximum absolute atomic E-state index is 12.0. The van der Waals surface area contributed by atoms with E-state index in [0.29, 0.717) is 0 Å². The third kappa shape index (κ3) is 2.69. The Morgan fingerprint density at radius 3 is 2.41 bits per heavy atom. The Kier molecular flexibility index (Phi) is 3.84. The van der Waals surface area contributed by atoms with Gasteiger partial charge in [-0.1, -0.05) is 28.1 Å². The first-order valence-electron chi connectivity index (χ1n) is 5.87. The number of hydrogen-bond donors (Lipinski definition) is 0. The summed E-state index contributed by atoms with van der Waals surface area (Å²) in [4.78, 5) is 13.8. The molecule has 3 nitrogen and oxygen atoms in total. The van der Waals surface area contributed by atoms with Crippen molar-refractivity contribution in [2.24, 2.45) is 0 Å². The SMILES string of the molecule is CCN(CC)C(=O)[C@H]1O[C@@H]1c1ccc(Br)cc1. The predicted molar refractivity (Wildman–Crippen MR) is 69.7 cm³/mol. The van der Waals surface area contributed by atoms with Gasteiger partial charge in [-0.25, -0.2) is 0 Å². The van der Waals surface area contributed by atoms with E-state index in [1.54, 1.807) is 0 Å². The van der Waals surface area contributed by atoms with E-state index in [2.05, 4.69) is 15.9 Å². The topological polar surface area (TPSA) is 32.8 Å². The standard InChI is InChI=1S/C13H16BrNO2/c1-3-15(4-2)13(16)12-11(17-12)9-5-7-10(14)8-6-9/h5-8,11-12H,3-4H2,1-2H3/t11-,12+/m1/s1. The van der Waals surface area contributed by atoms with Crippen LogP contribution in [0.25, 0.3) is 0 Å². The number of ether oxygens (including phenoxy) is 1. The van der Waals surface area contributed by atoms with Crippen molar-refractivity contribution in [1.82, 2.24) is 4.90 Å². The van der Waals surface area contributed by atoms with Gasteiger partial charge in [0.1, 0.15) is 6.10 Å². The Balaban J connectivity index is 2.00. The van der Waals surface area contributed by atoms with Crippen LogP contribution in [0.2, 0.25) is 0 Å². The van der Waals surface area contributed by atoms with Gasteiger partial charge < -0.3 is 9.64 Å². The molecular formula is C13H16BrNO2. The zero-order valence-corrected chi connectivity index (χ0v) is 11.6. The van der Waals surface area contributed by atoms with Crippen molar-refractivity contribution in [2.75, 3.05) is 13.1 Å². The molecule has 0 aromatic heterocycles. The molecule has 0 bridgehead atoms. The van der Waals surface area contributed by atoms with E-state index in [1.165, 1.54) is 0 Å². The highest BCUT2D eigenvalue weighted by molar-refractivity contribution is 9.10. The molecule has 1 aromatic rings. The summed E-state index contributed by atoms with van der Waals surface area (Å²) in [5, 5.41) is 0. The van der Waals surface area contributed by atoms with Crippen LogP contribution in [0.4, 0.5) is 0 Å². The van der Waals surface area contributed by atoms with E-state index in [-0.39, 0.29) is 18.1 Å². The third-order valence-corrected chi connectivity index (χ3v) is 3.54. The number of likely N-dealkylation sites (N-methyl/N-ethyl adjacent to an activating group) is 1. The lowest BCUT2D eigenvalue weighted by Gasteiger charge is -2.17. The summed E-state index contributed by atoms with van der Waals surface area (Å²) >= 11 is 3.39. The first kappa shape index (κ1) is 12.6. The average molecular weight is 298 g/mol. The summed E-state index contributed by atoms with van der Waals surface area (Å²) in [6.45, 7) is 5.45. The number of halogens is 1. The molecule has 1 aromatic carbocycles. The van der Waals surface area contributed by atoms with Crippen LogP contribution in [-0.2, 0) is 9.53 Å².